The summed E-state index contributed by atoms with van der Waals surface area (Å²) in [6, 6.07) is 6.14. The molecule has 3 amide bonds. The second-order valence-electron chi connectivity index (χ2n) is 5.52. The molecule has 1 aliphatic rings. The first-order valence-electron chi connectivity index (χ1n) is 7.66. The van der Waals surface area contributed by atoms with Crippen LogP contribution < -0.4 is 11.1 Å². The van der Waals surface area contributed by atoms with Crippen LogP contribution in [0, 0.1) is 0 Å². The van der Waals surface area contributed by atoms with Gasteiger partial charge in [0.15, 0.2) is 0 Å². The van der Waals surface area contributed by atoms with Gasteiger partial charge in [-0.25, -0.2) is 0 Å². The Morgan fingerprint density at radius 2 is 2.00 bits per heavy atom. The fraction of sp³-hybridized carbons (Fsp3) is 0.438. The third-order valence-electron chi connectivity index (χ3n) is 3.99. The minimum absolute atomic E-state index is 0.0272. The van der Waals surface area contributed by atoms with E-state index in [1.165, 1.54) is 17.0 Å². The van der Waals surface area contributed by atoms with Crippen molar-refractivity contribution in [2.75, 3.05) is 18.5 Å². The maximum absolute atomic E-state index is 12.4. The summed E-state index contributed by atoms with van der Waals surface area (Å²) in [6.45, 7) is 0.467. The number of rotatable bonds is 4. The third kappa shape index (κ3) is 4.07. The Hall–Kier alpha value is -2.41. The van der Waals surface area contributed by atoms with Gasteiger partial charge in [-0.3, -0.25) is 14.4 Å². The number of carbonyl (C=O) groups is 3. The maximum atomic E-state index is 12.4. The van der Waals surface area contributed by atoms with Crippen LogP contribution in [0.5, 0.6) is 0 Å². The zero-order valence-electron chi connectivity index (χ0n) is 12.8. The highest BCUT2D eigenvalue weighted by molar-refractivity contribution is 6.40. The molecule has 1 aromatic rings. The summed E-state index contributed by atoms with van der Waals surface area (Å²) in [7, 11) is 0. The number of piperidine rings is 1. The van der Waals surface area contributed by atoms with Gasteiger partial charge in [-0.15, -0.1) is 0 Å². The molecule has 0 spiro atoms. The standard InChI is InChI=1S/C16H21N3O4/c17-14(21)12-6-1-2-7-13(12)18-15(22)16(23)19-9-4-3-5-11(19)8-10-20/h1-2,6-7,11,20H,3-5,8-10H2,(H2,17,21)(H,18,22). The van der Waals surface area contributed by atoms with Gasteiger partial charge in [0.25, 0.3) is 5.91 Å². The van der Waals surface area contributed by atoms with E-state index >= 15 is 0 Å². The Balaban J connectivity index is 2.11. The van der Waals surface area contributed by atoms with Crippen LogP contribution >= 0.6 is 0 Å². The topological polar surface area (TPSA) is 113 Å². The molecule has 0 aliphatic carbocycles. The molecule has 1 unspecified atom stereocenters. The molecule has 0 bridgehead atoms. The van der Waals surface area contributed by atoms with Crippen molar-refractivity contribution in [3.8, 4) is 0 Å². The Labute approximate surface area is 134 Å². The highest BCUT2D eigenvalue weighted by Gasteiger charge is 2.30. The van der Waals surface area contributed by atoms with Crippen molar-refractivity contribution < 1.29 is 19.5 Å². The molecule has 7 heteroatoms. The number of primary amides is 1. The summed E-state index contributed by atoms with van der Waals surface area (Å²) in [5.41, 5.74) is 5.63. The van der Waals surface area contributed by atoms with Crippen molar-refractivity contribution in [3.05, 3.63) is 29.8 Å². The molecule has 0 radical (unpaired) electrons. The first-order chi connectivity index (χ1) is 11.0. The highest BCUT2D eigenvalue weighted by Crippen LogP contribution is 2.20. The van der Waals surface area contributed by atoms with Gasteiger partial charge < -0.3 is 21.1 Å². The summed E-state index contributed by atoms with van der Waals surface area (Å²) in [6.07, 6.45) is 3.04. The number of aliphatic hydroxyl groups excluding tert-OH is 1. The van der Waals surface area contributed by atoms with Crippen molar-refractivity contribution in [2.24, 2.45) is 5.73 Å². The van der Waals surface area contributed by atoms with Crippen LogP contribution in [0.1, 0.15) is 36.0 Å². The van der Waals surface area contributed by atoms with E-state index in [1.54, 1.807) is 12.1 Å². The van der Waals surface area contributed by atoms with Crippen LogP contribution in [0.15, 0.2) is 24.3 Å². The summed E-state index contributed by atoms with van der Waals surface area (Å²) >= 11 is 0. The third-order valence-corrected chi connectivity index (χ3v) is 3.99. The minimum atomic E-state index is -0.802. The number of likely N-dealkylation sites (tertiary alicyclic amines) is 1. The zero-order valence-corrected chi connectivity index (χ0v) is 12.8. The summed E-state index contributed by atoms with van der Waals surface area (Å²) in [5, 5.41) is 11.6. The lowest BCUT2D eigenvalue weighted by molar-refractivity contribution is -0.146. The van der Waals surface area contributed by atoms with Crippen LogP contribution in [-0.2, 0) is 9.59 Å². The molecule has 1 fully saturated rings. The van der Waals surface area contributed by atoms with Gasteiger partial charge in [0.2, 0.25) is 0 Å². The fourth-order valence-electron chi connectivity index (χ4n) is 2.83. The SMILES string of the molecule is NC(=O)c1ccccc1NC(=O)C(=O)N1CCCCC1CCO. The van der Waals surface area contributed by atoms with Crippen molar-refractivity contribution in [3.63, 3.8) is 0 Å². The van der Waals surface area contributed by atoms with E-state index in [1.807, 2.05) is 0 Å². The normalized spacial score (nSPS) is 17.6. The Kier molecular flexibility index (Phi) is 5.70. The van der Waals surface area contributed by atoms with E-state index in [2.05, 4.69) is 5.32 Å². The highest BCUT2D eigenvalue weighted by atomic mass is 16.3. The molecule has 1 heterocycles. The van der Waals surface area contributed by atoms with E-state index in [0.29, 0.717) is 13.0 Å². The van der Waals surface area contributed by atoms with Crippen molar-refractivity contribution >= 4 is 23.4 Å². The second kappa shape index (κ2) is 7.73. The number of nitrogens with two attached hydrogens (primary N) is 1. The van der Waals surface area contributed by atoms with Gasteiger partial charge in [-0.2, -0.15) is 0 Å². The number of hydrogen-bond donors (Lipinski definition) is 3. The second-order valence-corrected chi connectivity index (χ2v) is 5.52. The largest absolute Gasteiger partial charge is 0.396 e. The first-order valence-corrected chi connectivity index (χ1v) is 7.66. The number of benzene rings is 1. The lowest BCUT2D eigenvalue weighted by atomic mass is 9.99. The number of hydrogen-bond acceptors (Lipinski definition) is 4. The quantitative estimate of drug-likeness (QED) is 0.701. The van der Waals surface area contributed by atoms with Crippen LogP contribution in [0.3, 0.4) is 0 Å². The minimum Gasteiger partial charge on any atom is -0.396 e. The van der Waals surface area contributed by atoms with Gasteiger partial charge in [-0.05, 0) is 37.8 Å². The summed E-state index contributed by atoms with van der Waals surface area (Å²) in [4.78, 5) is 37.5. The predicted octanol–water partition coefficient (Wildman–Crippen LogP) is 0.487. The summed E-state index contributed by atoms with van der Waals surface area (Å²) < 4.78 is 0. The lowest BCUT2D eigenvalue weighted by Gasteiger charge is -2.35. The lowest BCUT2D eigenvalue weighted by Crippen LogP contribution is -2.48. The smallest absolute Gasteiger partial charge is 0.313 e. The van der Waals surface area contributed by atoms with Crippen LogP contribution in [0.25, 0.3) is 0 Å². The molecule has 1 aliphatic heterocycles. The molecule has 0 aromatic heterocycles. The van der Waals surface area contributed by atoms with Gasteiger partial charge in [0.05, 0.1) is 11.3 Å². The number of para-hydroxylation sites is 1. The maximum Gasteiger partial charge on any atom is 0.313 e. The Morgan fingerprint density at radius 1 is 1.26 bits per heavy atom. The number of aliphatic hydroxyl groups is 1. The molecule has 7 nitrogen and oxygen atoms in total. The molecule has 1 aromatic carbocycles. The van der Waals surface area contributed by atoms with Crippen LogP contribution in [0.2, 0.25) is 0 Å². The number of nitrogens with zero attached hydrogens (tertiary/aromatic N) is 1. The molecule has 4 N–H and O–H groups in total. The van der Waals surface area contributed by atoms with Gasteiger partial charge >= 0.3 is 11.8 Å². The number of amides is 3. The van der Waals surface area contributed by atoms with E-state index in [0.717, 1.165) is 19.3 Å². The Morgan fingerprint density at radius 3 is 2.70 bits per heavy atom. The van der Waals surface area contributed by atoms with Gasteiger partial charge in [0.1, 0.15) is 0 Å². The molecule has 1 atom stereocenters. The van der Waals surface area contributed by atoms with Crippen molar-refractivity contribution in [2.45, 2.75) is 31.7 Å². The molecular weight excluding hydrogens is 298 g/mol. The zero-order chi connectivity index (χ0) is 16.8. The molecule has 124 valence electrons. The molecular formula is C16H21N3O4. The van der Waals surface area contributed by atoms with Gasteiger partial charge in [-0.1, -0.05) is 12.1 Å². The van der Waals surface area contributed by atoms with E-state index in [4.69, 9.17) is 10.8 Å². The van der Waals surface area contributed by atoms with E-state index in [-0.39, 0.29) is 23.9 Å². The molecule has 2 rings (SSSR count). The van der Waals surface area contributed by atoms with Gasteiger partial charge in [0, 0.05) is 19.2 Å². The van der Waals surface area contributed by atoms with E-state index < -0.39 is 17.7 Å². The van der Waals surface area contributed by atoms with Crippen molar-refractivity contribution in [1.82, 2.24) is 4.90 Å². The molecule has 0 saturated carbocycles. The average molecular weight is 319 g/mol. The van der Waals surface area contributed by atoms with E-state index in [9.17, 15) is 14.4 Å². The molecule has 23 heavy (non-hydrogen) atoms. The number of carbonyl (C=O) groups excluding carboxylic acids is 3. The number of anilines is 1. The van der Waals surface area contributed by atoms with Crippen molar-refractivity contribution in [1.29, 1.82) is 0 Å². The molecule has 1 saturated heterocycles. The number of nitrogens with one attached hydrogen (secondary N) is 1. The summed E-state index contributed by atoms with van der Waals surface area (Å²) in [5.74, 6) is -2.13. The fourth-order valence-corrected chi connectivity index (χ4v) is 2.83. The average Bonchev–Trinajstić information content (AvgIpc) is 2.55. The monoisotopic (exact) mass is 319 g/mol. The van der Waals surface area contributed by atoms with Crippen LogP contribution in [0.4, 0.5) is 5.69 Å². The Bertz CT molecular complexity index is 601. The first kappa shape index (κ1) is 17.0. The van der Waals surface area contributed by atoms with Crippen LogP contribution in [-0.4, -0.2) is 46.9 Å². The predicted molar refractivity (Wildman–Crippen MR) is 84.6 cm³/mol.